The van der Waals surface area contributed by atoms with E-state index < -0.39 is 24.9 Å². The summed E-state index contributed by atoms with van der Waals surface area (Å²) in [5.74, 6) is 0. The zero-order chi connectivity index (χ0) is 8.15. The van der Waals surface area contributed by atoms with Gasteiger partial charge in [0.2, 0.25) is 0 Å². The molecule has 0 amide bonds. The summed E-state index contributed by atoms with van der Waals surface area (Å²) in [6, 6.07) is 0. The number of rotatable bonds is 4. The van der Waals surface area contributed by atoms with E-state index in [2.05, 4.69) is 0 Å². The van der Waals surface area contributed by atoms with Gasteiger partial charge in [-0.25, -0.2) is 0 Å². The van der Waals surface area contributed by atoms with Gasteiger partial charge in [-0.15, -0.1) is 0 Å². The first-order valence-electron chi connectivity index (χ1n) is 2.98. The van der Waals surface area contributed by atoms with Crippen LogP contribution in [-0.4, -0.2) is 51.9 Å². The Hall–Kier alpha value is -0.200. The second kappa shape index (κ2) is 4.59. The maximum absolute atomic E-state index is 8.85. The minimum absolute atomic E-state index is 0.141. The molecule has 5 nitrogen and oxygen atoms in total. The van der Waals surface area contributed by atoms with E-state index in [1.165, 1.54) is 0 Å². The SMILES string of the molecule is NC[C@H](O)[C@H](O)[C@H](O)CO. The molecule has 0 aromatic rings. The molecule has 3 atom stereocenters. The van der Waals surface area contributed by atoms with E-state index in [0.717, 1.165) is 0 Å². The van der Waals surface area contributed by atoms with E-state index in [4.69, 9.17) is 26.2 Å². The van der Waals surface area contributed by atoms with Crippen LogP contribution in [0.4, 0.5) is 0 Å². The maximum atomic E-state index is 8.85. The molecule has 10 heavy (non-hydrogen) atoms. The van der Waals surface area contributed by atoms with Gasteiger partial charge < -0.3 is 26.2 Å². The lowest BCUT2D eigenvalue weighted by Gasteiger charge is -2.19. The van der Waals surface area contributed by atoms with Crippen molar-refractivity contribution < 1.29 is 20.4 Å². The van der Waals surface area contributed by atoms with Crippen LogP contribution in [0.3, 0.4) is 0 Å². The van der Waals surface area contributed by atoms with Crippen LogP contribution in [0.5, 0.6) is 0 Å². The average molecular weight is 151 g/mol. The highest BCUT2D eigenvalue weighted by Gasteiger charge is 2.22. The van der Waals surface area contributed by atoms with Crippen molar-refractivity contribution in [3.05, 3.63) is 0 Å². The summed E-state index contributed by atoms with van der Waals surface area (Å²) in [5, 5.41) is 34.6. The summed E-state index contributed by atoms with van der Waals surface area (Å²) < 4.78 is 0. The van der Waals surface area contributed by atoms with Crippen molar-refractivity contribution in [3.8, 4) is 0 Å². The van der Waals surface area contributed by atoms with Crippen LogP contribution in [0.1, 0.15) is 0 Å². The fourth-order valence-electron chi connectivity index (χ4n) is 0.504. The van der Waals surface area contributed by atoms with Gasteiger partial charge in [-0.3, -0.25) is 0 Å². The Kier molecular flexibility index (Phi) is 4.50. The standard InChI is InChI=1S/C5H13NO4/c6-1-3(8)5(10)4(9)2-7/h3-5,7-10H,1-2,6H2/t3-,4+,5-/m0/s1. The second-order valence-corrected chi connectivity index (χ2v) is 2.04. The predicted molar refractivity (Wildman–Crippen MR) is 34.2 cm³/mol. The van der Waals surface area contributed by atoms with Crippen molar-refractivity contribution in [2.24, 2.45) is 5.73 Å². The quantitative estimate of drug-likeness (QED) is 0.295. The number of hydrogen-bond donors (Lipinski definition) is 5. The van der Waals surface area contributed by atoms with Crippen LogP contribution in [0.15, 0.2) is 0 Å². The lowest BCUT2D eigenvalue weighted by Crippen LogP contribution is -2.43. The fourth-order valence-corrected chi connectivity index (χ4v) is 0.504. The molecule has 0 saturated carbocycles. The van der Waals surface area contributed by atoms with Gasteiger partial charge in [0.05, 0.1) is 12.7 Å². The summed E-state index contributed by atoms with van der Waals surface area (Å²) in [6.45, 7) is -0.726. The van der Waals surface area contributed by atoms with Crippen LogP contribution in [0, 0.1) is 0 Å². The molecule has 5 heteroatoms. The van der Waals surface area contributed by atoms with Crippen LogP contribution >= 0.6 is 0 Å². The van der Waals surface area contributed by atoms with Crippen LogP contribution < -0.4 is 5.73 Å². The molecule has 0 aromatic heterocycles. The van der Waals surface area contributed by atoms with Crippen LogP contribution in [0.2, 0.25) is 0 Å². The van der Waals surface area contributed by atoms with Crippen molar-refractivity contribution >= 4 is 0 Å². The monoisotopic (exact) mass is 151 g/mol. The molecular formula is C5H13NO4. The van der Waals surface area contributed by atoms with Crippen molar-refractivity contribution in [1.29, 1.82) is 0 Å². The third-order valence-corrected chi connectivity index (χ3v) is 1.22. The highest BCUT2D eigenvalue weighted by Crippen LogP contribution is 1.97. The van der Waals surface area contributed by atoms with Gasteiger partial charge >= 0.3 is 0 Å². The molecule has 0 saturated heterocycles. The summed E-state index contributed by atoms with van der Waals surface area (Å²) in [7, 11) is 0. The highest BCUT2D eigenvalue weighted by molar-refractivity contribution is 4.74. The molecule has 0 aromatic carbocycles. The molecule has 0 unspecified atom stereocenters. The average Bonchev–Trinajstić information content (AvgIpc) is 2.00. The van der Waals surface area contributed by atoms with Crippen molar-refractivity contribution in [2.75, 3.05) is 13.2 Å². The second-order valence-electron chi connectivity index (χ2n) is 2.04. The van der Waals surface area contributed by atoms with E-state index in [1.807, 2.05) is 0 Å². The first kappa shape index (κ1) is 9.80. The molecule has 0 rings (SSSR count). The first-order valence-corrected chi connectivity index (χ1v) is 2.98. The smallest absolute Gasteiger partial charge is 0.109 e. The molecule has 62 valence electrons. The Bertz CT molecular complexity index is 79.7. The topological polar surface area (TPSA) is 107 Å². The van der Waals surface area contributed by atoms with Gasteiger partial charge in [-0.2, -0.15) is 0 Å². The van der Waals surface area contributed by atoms with E-state index in [1.54, 1.807) is 0 Å². The van der Waals surface area contributed by atoms with Crippen LogP contribution in [-0.2, 0) is 0 Å². The Morgan fingerprint density at radius 3 is 1.90 bits per heavy atom. The van der Waals surface area contributed by atoms with E-state index in [0.29, 0.717) is 0 Å². The molecule has 0 spiro atoms. The molecule has 0 fully saturated rings. The molecule has 6 N–H and O–H groups in total. The Labute approximate surface area is 58.7 Å². The van der Waals surface area contributed by atoms with Gasteiger partial charge in [0.1, 0.15) is 12.2 Å². The Morgan fingerprint density at radius 2 is 1.60 bits per heavy atom. The predicted octanol–water partition coefficient (Wildman–Crippen LogP) is -2.98. The largest absolute Gasteiger partial charge is 0.394 e. The normalized spacial score (nSPS) is 20.1. The lowest BCUT2D eigenvalue weighted by molar-refractivity contribution is -0.0727. The summed E-state index contributed by atoms with van der Waals surface area (Å²) in [4.78, 5) is 0. The van der Waals surface area contributed by atoms with E-state index >= 15 is 0 Å². The zero-order valence-corrected chi connectivity index (χ0v) is 5.51. The number of nitrogens with two attached hydrogens (primary N) is 1. The minimum atomic E-state index is -1.37. The van der Waals surface area contributed by atoms with Crippen molar-refractivity contribution in [1.82, 2.24) is 0 Å². The van der Waals surface area contributed by atoms with Gasteiger partial charge in [-0.05, 0) is 0 Å². The van der Waals surface area contributed by atoms with Gasteiger partial charge in [0, 0.05) is 6.54 Å². The Morgan fingerprint density at radius 1 is 1.10 bits per heavy atom. The van der Waals surface area contributed by atoms with Gasteiger partial charge in [0.25, 0.3) is 0 Å². The molecule has 0 aliphatic carbocycles. The highest BCUT2D eigenvalue weighted by atomic mass is 16.4. The third-order valence-electron chi connectivity index (χ3n) is 1.22. The molecule has 0 bridgehead atoms. The van der Waals surface area contributed by atoms with Gasteiger partial charge in [-0.1, -0.05) is 0 Å². The van der Waals surface area contributed by atoms with Crippen LogP contribution in [0.25, 0.3) is 0 Å². The van der Waals surface area contributed by atoms with E-state index in [-0.39, 0.29) is 6.54 Å². The number of aliphatic hydroxyl groups excluding tert-OH is 4. The van der Waals surface area contributed by atoms with Gasteiger partial charge in [0.15, 0.2) is 0 Å². The summed E-state index contributed by atoms with van der Waals surface area (Å²) >= 11 is 0. The number of hydrogen-bond acceptors (Lipinski definition) is 5. The molecule has 0 aliphatic heterocycles. The molecule has 0 radical (unpaired) electrons. The molecule has 0 aliphatic rings. The first-order chi connectivity index (χ1) is 4.63. The van der Waals surface area contributed by atoms with Crippen molar-refractivity contribution in [2.45, 2.75) is 18.3 Å². The molecule has 0 heterocycles. The number of aliphatic hydroxyl groups is 4. The Balaban J connectivity index is 3.69. The zero-order valence-electron chi connectivity index (χ0n) is 5.51. The van der Waals surface area contributed by atoms with E-state index in [9.17, 15) is 0 Å². The molecular weight excluding hydrogens is 138 g/mol. The summed E-state index contributed by atoms with van der Waals surface area (Å²) in [5.41, 5.74) is 4.96. The fraction of sp³-hybridized carbons (Fsp3) is 1.00. The van der Waals surface area contributed by atoms with Crippen molar-refractivity contribution in [3.63, 3.8) is 0 Å². The maximum Gasteiger partial charge on any atom is 0.109 e. The minimum Gasteiger partial charge on any atom is -0.394 e. The third kappa shape index (κ3) is 2.59. The lowest BCUT2D eigenvalue weighted by atomic mass is 10.1. The summed E-state index contributed by atoms with van der Waals surface area (Å²) in [6.07, 6.45) is -3.87.